The second kappa shape index (κ2) is 5.76. The van der Waals surface area contributed by atoms with Gasteiger partial charge >= 0.3 is 0 Å². The van der Waals surface area contributed by atoms with Crippen LogP contribution in [0.2, 0.25) is 0 Å². The van der Waals surface area contributed by atoms with Crippen molar-refractivity contribution in [2.45, 2.75) is 29.4 Å². The van der Waals surface area contributed by atoms with Crippen molar-refractivity contribution in [3.05, 3.63) is 47.7 Å². The van der Waals surface area contributed by atoms with E-state index in [0.717, 1.165) is 5.69 Å². The summed E-state index contributed by atoms with van der Waals surface area (Å²) in [4.78, 5) is 9.46. The minimum absolute atomic E-state index is 0.215. The Balaban J connectivity index is 1.76. The molecule has 1 saturated carbocycles. The Morgan fingerprint density at radius 1 is 1.30 bits per heavy atom. The molecule has 4 nitrogen and oxygen atoms in total. The first-order valence-corrected chi connectivity index (χ1v) is 7.46. The molecule has 1 fully saturated rings. The van der Waals surface area contributed by atoms with Crippen LogP contribution in [0.4, 0.5) is 10.2 Å². The zero-order valence-corrected chi connectivity index (χ0v) is 11.7. The molecule has 20 heavy (non-hydrogen) atoms. The molecular weight excluding hydrogens is 275 g/mol. The van der Waals surface area contributed by atoms with Crippen molar-refractivity contribution in [3.8, 4) is 0 Å². The maximum absolute atomic E-state index is 13.6. The van der Waals surface area contributed by atoms with Crippen LogP contribution in [0.25, 0.3) is 0 Å². The van der Waals surface area contributed by atoms with Crippen LogP contribution in [0.1, 0.15) is 30.3 Å². The lowest BCUT2D eigenvalue weighted by atomic mass is 10.3. The number of nitrogens with two attached hydrogens (primary N) is 1. The van der Waals surface area contributed by atoms with Crippen LogP contribution in [-0.4, -0.2) is 9.97 Å². The summed E-state index contributed by atoms with van der Waals surface area (Å²) < 4.78 is 13.6. The molecule has 6 heteroatoms. The molecule has 3 rings (SSSR count). The van der Waals surface area contributed by atoms with E-state index in [0.29, 0.717) is 28.2 Å². The van der Waals surface area contributed by atoms with Crippen LogP contribution in [-0.2, 0) is 5.75 Å². The highest BCUT2D eigenvalue weighted by molar-refractivity contribution is 7.98. The summed E-state index contributed by atoms with van der Waals surface area (Å²) in [6.45, 7) is 0. The average molecular weight is 290 g/mol. The number of hydrogen-bond acceptors (Lipinski definition) is 5. The summed E-state index contributed by atoms with van der Waals surface area (Å²) in [5, 5.41) is 0. The first-order valence-electron chi connectivity index (χ1n) is 6.48. The van der Waals surface area contributed by atoms with Gasteiger partial charge in [0.1, 0.15) is 17.5 Å². The maximum Gasteiger partial charge on any atom is 0.143 e. The third-order valence-corrected chi connectivity index (χ3v) is 4.17. The predicted molar refractivity (Wildman–Crippen MR) is 77.8 cm³/mol. The number of aromatic nitrogens is 2. The van der Waals surface area contributed by atoms with Gasteiger partial charge in [-0.3, -0.25) is 0 Å². The van der Waals surface area contributed by atoms with Crippen molar-refractivity contribution in [2.24, 2.45) is 5.84 Å². The highest BCUT2D eigenvalue weighted by atomic mass is 32.2. The average Bonchev–Trinajstić information content (AvgIpc) is 3.31. The summed E-state index contributed by atoms with van der Waals surface area (Å²) in [5.74, 6) is 7.56. The Bertz CT molecular complexity index is 616. The van der Waals surface area contributed by atoms with Gasteiger partial charge in [-0.1, -0.05) is 12.1 Å². The SMILES string of the molecule is NNc1cc(C2CC2)nc(CSc2ccccc2F)n1. The van der Waals surface area contributed by atoms with Crippen molar-refractivity contribution in [2.75, 3.05) is 5.43 Å². The fourth-order valence-corrected chi connectivity index (χ4v) is 2.74. The van der Waals surface area contributed by atoms with Crippen molar-refractivity contribution >= 4 is 17.6 Å². The molecule has 0 aliphatic heterocycles. The third-order valence-electron chi connectivity index (χ3n) is 3.13. The lowest BCUT2D eigenvalue weighted by Crippen LogP contribution is -2.11. The van der Waals surface area contributed by atoms with Gasteiger partial charge in [-0.15, -0.1) is 11.8 Å². The number of anilines is 1. The van der Waals surface area contributed by atoms with Crippen LogP contribution in [0.3, 0.4) is 0 Å². The van der Waals surface area contributed by atoms with Gasteiger partial charge in [-0.2, -0.15) is 0 Å². The van der Waals surface area contributed by atoms with Crippen LogP contribution in [0.5, 0.6) is 0 Å². The first kappa shape index (κ1) is 13.3. The van der Waals surface area contributed by atoms with Crippen LogP contribution in [0.15, 0.2) is 35.2 Å². The molecular formula is C14H15FN4S. The number of thioether (sulfide) groups is 1. The smallest absolute Gasteiger partial charge is 0.143 e. The molecule has 0 radical (unpaired) electrons. The van der Waals surface area contributed by atoms with E-state index in [4.69, 9.17) is 5.84 Å². The third kappa shape index (κ3) is 3.08. The van der Waals surface area contributed by atoms with Gasteiger partial charge in [-0.05, 0) is 25.0 Å². The highest BCUT2D eigenvalue weighted by Crippen LogP contribution is 2.39. The van der Waals surface area contributed by atoms with Gasteiger partial charge in [0.05, 0.1) is 5.75 Å². The van der Waals surface area contributed by atoms with Crippen molar-refractivity contribution in [1.82, 2.24) is 9.97 Å². The summed E-state index contributed by atoms with van der Waals surface area (Å²) in [5.41, 5.74) is 3.59. The zero-order chi connectivity index (χ0) is 13.9. The molecule has 0 amide bonds. The second-order valence-corrected chi connectivity index (χ2v) is 5.75. The van der Waals surface area contributed by atoms with Crippen LogP contribution in [0, 0.1) is 5.82 Å². The molecule has 0 unspecified atom stereocenters. The van der Waals surface area contributed by atoms with E-state index in [-0.39, 0.29) is 5.82 Å². The molecule has 0 atom stereocenters. The summed E-state index contributed by atoms with van der Waals surface area (Å²) in [7, 11) is 0. The number of hydrazine groups is 1. The quantitative estimate of drug-likeness (QED) is 0.503. The zero-order valence-electron chi connectivity index (χ0n) is 10.8. The van der Waals surface area contributed by atoms with E-state index in [1.165, 1.54) is 30.7 Å². The molecule has 1 aromatic carbocycles. The number of nitrogens with zero attached hydrogens (tertiary/aromatic N) is 2. The topological polar surface area (TPSA) is 63.8 Å². The van der Waals surface area contributed by atoms with E-state index in [9.17, 15) is 4.39 Å². The number of nitrogen functional groups attached to an aromatic ring is 1. The first-order chi connectivity index (χ1) is 9.76. The van der Waals surface area contributed by atoms with Crippen LogP contribution >= 0.6 is 11.8 Å². The Morgan fingerprint density at radius 3 is 2.80 bits per heavy atom. The van der Waals surface area contributed by atoms with Crippen molar-refractivity contribution in [3.63, 3.8) is 0 Å². The monoisotopic (exact) mass is 290 g/mol. The van der Waals surface area contributed by atoms with E-state index in [2.05, 4.69) is 15.4 Å². The largest absolute Gasteiger partial charge is 0.308 e. The Hall–Kier alpha value is -1.66. The van der Waals surface area contributed by atoms with E-state index in [1.54, 1.807) is 12.1 Å². The molecule has 0 spiro atoms. The summed E-state index contributed by atoms with van der Waals surface area (Å²) in [6, 6.07) is 8.60. The standard InChI is InChI=1S/C14H15FN4S/c15-10-3-1-2-4-12(10)20-8-14-17-11(9-5-6-9)7-13(18-14)19-16/h1-4,7,9H,5-6,8,16H2,(H,17,18,19). The molecule has 2 aromatic rings. The van der Waals surface area contributed by atoms with E-state index in [1.807, 2.05) is 12.1 Å². The Morgan fingerprint density at radius 2 is 2.10 bits per heavy atom. The lowest BCUT2D eigenvalue weighted by molar-refractivity contribution is 0.602. The highest BCUT2D eigenvalue weighted by Gasteiger charge is 2.26. The van der Waals surface area contributed by atoms with Crippen molar-refractivity contribution in [1.29, 1.82) is 0 Å². The molecule has 1 aliphatic rings. The second-order valence-electron chi connectivity index (χ2n) is 4.73. The molecule has 3 N–H and O–H groups in total. The molecule has 104 valence electrons. The van der Waals surface area contributed by atoms with Crippen molar-refractivity contribution < 1.29 is 4.39 Å². The number of halogens is 1. The van der Waals surface area contributed by atoms with E-state index >= 15 is 0 Å². The van der Waals surface area contributed by atoms with Gasteiger partial charge < -0.3 is 5.43 Å². The number of rotatable bonds is 5. The minimum atomic E-state index is -0.215. The molecule has 1 aromatic heterocycles. The summed E-state index contributed by atoms with van der Waals surface area (Å²) in [6.07, 6.45) is 2.34. The summed E-state index contributed by atoms with van der Waals surface area (Å²) >= 11 is 1.39. The van der Waals surface area contributed by atoms with Gasteiger partial charge in [0.15, 0.2) is 0 Å². The number of nitrogens with one attached hydrogen (secondary N) is 1. The lowest BCUT2D eigenvalue weighted by Gasteiger charge is -2.07. The fraction of sp³-hybridized carbons (Fsp3) is 0.286. The molecule has 0 saturated heterocycles. The number of hydrogen-bond donors (Lipinski definition) is 2. The van der Waals surface area contributed by atoms with Gasteiger partial charge in [0.25, 0.3) is 0 Å². The number of benzene rings is 1. The molecule has 0 bridgehead atoms. The molecule has 1 heterocycles. The van der Waals surface area contributed by atoms with Gasteiger partial charge in [0, 0.05) is 22.6 Å². The maximum atomic E-state index is 13.6. The fourth-order valence-electron chi connectivity index (χ4n) is 1.95. The van der Waals surface area contributed by atoms with Gasteiger partial charge in [-0.25, -0.2) is 20.2 Å². The Labute approximate surface area is 121 Å². The Kier molecular flexibility index (Phi) is 3.84. The minimum Gasteiger partial charge on any atom is -0.308 e. The molecule has 1 aliphatic carbocycles. The van der Waals surface area contributed by atoms with Crippen LogP contribution < -0.4 is 11.3 Å². The van der Waals surface area contributed by atoms with E-state index < -0.39 is 0 Å². The predicted octanol–water partition coefficient (Wildman–Crippen LogP) is 3.07. The van der Waals surface area contributed by atoms with Gasteiger partial charge in [0.2, 0.25) is 0 Å². The normalized spacial score (nSPS) is 14.3.